The van der Waals surface area contributed by atoms with Gasteiger partial charge in [-0.25, -0.2) is 0 Å². The number of carbonyl (C=O) groups is 3. The normalized spacial score (nSPS) is 12.1. The summed E-state index contributed by atoms with van der Waals surface area (Å²) in [6.45, 7) is 9.39. The van der Waals surface area contributed by atoms with Crippen LogP contribution in [0.15, 0.2) is 42.5 Å². The zero-order valence-electron chi connectivity index (χ0n) is 21.2. The quantitative estimate of drug-likeness (QED) is 0.443. The van der Waals surface area contributed by atoms with Gasteiger partial charge in [0.15, 0.2) is 5.69 Å². The first-order valence-electron chi connectivity index (χ1n) is 11.2. The number of hydrogen-bond acceptors (Lipinski definition) is 7. The van der Waals surface area contributed by atoms with Gasteiger partial charge < -0.3 is 21.5 Å². The van der Waals surface area contributed by atoms with Gasteiger partial charge in [0.05, 0.1) is 12.8 Å². The van der Waals surface area contributed by atoms with Crippen molar-refractivity contribution in [1.29, 1.82) is 0 Å². The molecule has 0 aliphatic carbocycles. The first-order chi connectivity index (χ1) is 16.8. The lowest BCUT2D eigenvalue weighted by atomic mass is 9.99. The predicted octanol–water partition coefficient (Wildman–Crippen LogP) is 3.75. The Morgan fingerprint density at radius 1 is 1.06 bits per heavy atom. The van der Waals surface area contributed by atoms with Gasteiger partial charge >= 0.3 is 0 Å². The number of primary amides is 1. The molecule has 3 amide bonds. The van der Waals surface area contributed by atoms with Crippen LogP contribution in [0.3, 0.4) is 0 Å². The van der Waals surface area contributed by atoms with E-state index in [0.29, 0.717) is 17.0 Å². The molecule has 0 bridgehead atoms. The molecule has 36 heavy (non-hydrogen) atoms. The molecule has 0 fully saturated rings. The van der Waals surface area contributed by atoms with E-state index in [-0.39, 0.29) is 16.3 Å². The highest BCUT2D eigenvalue weighted by Crippen LogP contribution is 2.35. The maximum absolute atomic E-state index is 14.1. The van der Waals surface area contributed by atoms with E-state index < -0.39 is 29.3 Å². The van der Waals surface area contributed by atoms with Gasteiger partial charge in [0, 0.05) is 11.2 Å². The molecule has 0 aliphatic rings. The predicted molar refractivity (Wildman–Crippen MR) is 141 cm³/mol. The van der Waals surface area contributed by atoms with Crippen LogP contribution in [0.4, 0.5) is 11.4 Å². The minimum Gasteiger partial charge on any atom is -0.497 e. The molecule has 10 heteroatoms. The van der Waals surface area contributed by atoms with E-state index >= 15 is 0 Å². The van der Waals surface area contributed by atoms with Gasteiger partial charge in [-0.05, 0) is 87.1 Å². The second-order valence-electron chi connectivity index (χ2n) is 9.57. The third-order valence-electron chi connectivity index (χ3n) is 5.30. The number of nitrogens with two attached hydrogens (primary N) is 2. The van der Waals surface area contributed by atoms with Crippen molar-refractivity contribution in [2.45, 2.75) is 46.2 Å². The number of amides is 3. The maximum atomic E-state index is 14.1. The minimum absolute atomic E-state index is 0.0185. The molecule has 0 spiro atoms. The number of methoxy groups -OCH3 is 1. The highest BCUT2D eigenvalue weighted by atomic mass is 32.1. The third-order valence-corrected chi connectivity index (χ3v) is 6.15. The average molecular weight is 510 g/mol. The highest BCUT2D eigenvalue weighted by Gasteiger charge is 2.37. The number of aryl methyl sites for hydroxylation is 2. The molecule has 3 aromatic rings. The van der Waals surface area contributed by atoms with E-state index in [1.165, 1.54) is 4.90 Å². The largest absolute Gasteiger partial charge is 0.497 e. The monoisotopic (exact) mass is 509 g/mol. The van der Waals surface area contributed by atoms with Crippen molar-refractivity contribution in [3.05, 3.63) is 69.7 Å². The van der Waals surface area contributed by atoms with Crippen LogP contribution in [-0.2, 0) is 4.79 Å². The first kappa shape index (κ1) is 26.7. The molecular formula is C26H31N5O4S. The van der Waals surface area contributed by atoms with Crippen LogP contribution < -0.4 is 26.4 Å². The lowest BCUT2D eigenvalue weighted by Gasteiger charge is -2.34. The number of aromatic nitrogens is 1. The Kier molecular flexibility index (Phi) is 7.68. The summed E-state index contributed by atoms with van der Waals surface area (Å²) in [5.41, 5.74) is 13.5. The minimum atomic E-state index is -1.07. The summed E-state index contributed by atoms with van der Waals surface area (Å²) in [6.07, 6.45) is 0. The van der Waals surface area contributed by atoms with Crippen LogP contribution in [0, 0.1) is 13.8 Å². The molecule has 9 nitrogen and oxygen atoms in total. The molecule has 5 N–H and O–H groups in total. The summed E-state index contributed by atoms with van der Waals surface area (Å²) in [5.74, 6) is -1.19. The number of rotatable bonds is 7. The van der Waals surface area contributed by atoms with Crippen LogP contribution in [-0.4, -0.2) is 34.7 Å². The second kappa shape index (κ2) is 10.4. The van der Waals surface area contributed by atoms with Crippen molar-refractivity contribution in [2.75, 3.05) is 17.7 Å². The van der Waals surface area contributed by atoms with Crippen LogP contribution in [0.25, 0.3) is 0 Å². The second-order valence-corrected chi connectivity index (χ2v) is 10.3. The molecular weight excluding hydrogens is 478 g/mol. The lowest BCUT2D eigenvalue weighted by molar-refractivity contribution is -0.123. The van der Waals surface area contributed by atoms with Gasteiger partial charge in [0.25, 0.3) is 11.8 Å². The zero-order chi connectivity index (χ0) is 26.8. The Labute approximate surface area is 214 Å². The van der Waals surface area contributed by atoms with E-state index in [2.05, 4.69) is 9.69 Å². The van der Waals surface area contributed by atoms with Crippen molar-refractivity contribution in [3.8, 4) is 5.75 Å². The number of hydrogen-bond donors (Lipinski definition) is 3. The van der Waals surface area contributed by atoms with E-state index in [4.69, 9.17) is 16.2 Å². The van der Waals surface area contributed by atoms with Gasteiger partial charge in [0.2, 0.25) is 5.91 Å². The number of nitrogens with zero attached hydrogens (tertiary/aromatic N) is 2. The van der Waals surface area contributed by atoms with E-state index in [9.17, 15) is 14.4 Å². The summed E-state index contributed by atoms with van der Waals surface area (Å²) in [5, 5.41) is 2.99. The molecule has 0 aliphatic heterocycles. The molecule has 1 heterocycles. The summed E-state index contributed by atoms with van der Waals surface area (Å²) < 4.78 is 9.26. The topological polar surface area (TPSA) is 141 Å². The summed E-state index contributed by atoms with van der Waals surface area (Å²) in [7, 11) is 1.55. The number of ether oxygens (including phenoxy) is 1. The fourth-order valence-electron chi connectivity index (χ4n) is 3.85. The van der Waals surface area contributed by atoms with Crippen molar-refractivity contribution in [3.63, 3.8) is 0 Å². The fourth-order valence-corrected chi connectivity index (χ4v) is 4.60. The number of anilines is 2. The summed E-state index contributed by atoms with van der Waals surface area (Å²) >= 11 is 0.769. The SMILES string of the molecule is COc1ccc([C@@H](C(=O)NC(C)(C)C)N(C(=O)c2snc(C(N)=O)c2N)c2cc(C)cc(C)c2)cc1. The number of benzene rings is 2. The van der Waals surface area contributed by atoms with Gasteiger partial charge in [-0.3, -0.25) is 19.3 Å². The Balaban J connectivity index is 2.27. The molecule has 1 aromatic heterocycles. The van der Waals surface area contributed by atoms with Crippen molar-refractivity contribution < 1.29 is 19.1 Å². The number of nitrogens with one attached hydrogen (secondary N) is 1. The van der Waals surface area contributed by atoms with Crippen molar-refractivity contribution >= 4 is 40.6 Å². The Morgan fingerprint density at radius 3 is 2.11 bits per heavy atom. The Hall–Kier alpha value is -3.92. The van der Waals surface area contributed by atoms with Gasteiger partial charge in [0.1, 0.15) is 16.7 Å². The van der Waals surface area contributed by atoms with E-state index in [0.717, 1.165) is 22.7 Å². The molecule has 2 aromatic carbocycles. The Morgan fingerprint density at radius 2 is 1.64 bits per heavy atom. The first-order valence-corrected chi connectivity index (χ1v) is 12.0. The van der Waals surface area contributed by atoms with Gasteiger partial charge in [-0.1, -0.05) is 18.2 Å². The van der Waals surface area contributed by atoms with Crippen LogP contribution >= 0.6 is 11.5 Å². The van der Waals surface area contributed by atoms with Crippen LogP contribution in [0.1, 0.15) is 63.7 Å². The number of carbonyl (C=O) groups excluding carboxylic acids is 3. The molecule has 0 saturated heterocycles. The molecule has 190 valence electrons. The van der Waals surface area contributed by atoms with Crippen molar-refractivity contribution in [2.24, 2.45) is 5.73 Å². The molecule has 0 saturated carbocycles. The molecule has 1 atom stereocenters. The Bertz CT molecular complexity index is 1270. The summed E-state index contributed by atoms with van der Waals surface area (Å²) in [6, 6.07) is 11.5. The van der Waals surface area contributed by atoms with Gasteiger partial charge in [-0.2, -0.15) is 4.37 Å². The third kappa shape index (κ3) is 5.83. The van der Waals surface area contributed by atoms with Gasteiger partial charge in [-0.15, -0.1) is 0 Å². The van der Waals surface area contributed by atoms with Crippen LogP contribution in [0.5, 0.6) is 5.75 Å². The lowest BCUT2D eigenvalue weighted by Crippen LogP contribution is -2.49. The summed E-state index contributed by atoms with van der Waals surface area (Å²) in [4.78, 5) is 41.0. The molecule has 3 rings (SSSR count). The van der Waals surface area contributed by atoms with Crippen molar-refractivity contribution in [1.82, 2.24) is 9.69 Å². The standard InChI is InChI=1S/C26H31N5O4S/c1-14-11-15(2)13-17(12-14)31(25(34)22-19(27)20(23(28)32)30-36-22)21(24(33)29-26(3,4)5)16-7-9-18(35-6)10-8-16/h7-13,21H,27H2,1-6H3,(H2,28,32)(H,29,33)/t21-/m0/s1. The average Bonchev–Trinajstić information content (AvgIpc) is 3.16. The zero-order valence-corrected chi connectivity index (χ0v) is 22.0. The fraction of sp³-hybridized carbons (Fsp3) is 0.308. The van der Waals surface area contributed by atoms with E-state index in [1.807, 2.05) is 52.8 Å². The highest BCUT2D eigenvalue weighted by molar-refractivity contribution is 7.09. The van der Waals surface area contributed by atoms with Crippen LogP contribution in [0.2, 0.25) is 0 Å². The maximum Gasteiger partial charge on any atom is 0.273 e. The molecule has 0 radical (unpaired) electrons. The smallest absolute Gasteiger partial charge is 0.273 e. The van der Waals surface area contributed by atoms with E-state index in [1.54, 1.807) is 31.4 Å². The molecule has 0 unspecified atom stereocenters. The number of nitrogen functional groups attached to an aromatic ring is 1.